The second-order valence-electron chi connectivity index (χ2n) is 6.91. The van der Waals surface area contributed by atoms with Gasteiger partial charge < -0.3 is 14.8 Å². The standard InChI is InChI=1S/C17H24N4O3/c1-17(2,3)24-16(22)19-14-9-13(10-15(14)20-21-18)23-11-12-7-5-4-6-8-12/h4-8,13-15H,9-11H2,1-3H3,(H,19,22). The highest BCUT2D eigenvalue weighted by atomic mass is 16.6. The minimum atomic E-state index is -0.570. The zero-order valence-electron chi connectivity index (χ0n) is 14.3. The third-order valence-corrected chi connectivity index (χ3v) is 3.72. The van der Waals surface area contributed by atoms with E-state index in [9.17, 15) is 4.79 Å². The van der Waals surface area contributed by atoms with Crippen LogP contribution in [0.15, 0.2) is 35.4 Å². The van der Waals surface area contributed by atoms with E-state index in [-0.39, 0.29) is 18.2 Å². The van der Waals surface area contributed by atoms with E-state index in [1.165, 1.54) is 0 Å². The van der Waals surface area contributed by atoms with E-state index in [1.807, 2.05) is 30.3 Å². The van der Waals surface area contributed by atoms with Crippen LogP contribution in [0.1, 0.15) is 39.2 Å². The molecule has 0 aromatic heterocycles. The molecule has 24 heavy (non-hydrogen) atoms. The van der Waals surface area contributed by atoms with Gasteiger partial charge in [-0.15, -0.1) is 0 Å². The van der Waals surface area contributed by atoms with Crippen molar-refractivity contribution in [2.75, 3.05) is 0 Å². The monoisotopic (exact) mass is 332 g/mol. The molecule has 0 radical (unpaired) electrons. The molecule has 0 saturated heterocycles. The molecule has 7 heteroatoms. The number of azide groups is 1. The molecule has 130 valence electrons. The summed E-state index contributed by atoms with van der Waals surface area (Å²) in [5.74, 6) is 0. The van der Waals surface area contributed by atoms with Crippen LogP contribution in [0.5, 0.6) is 0 Å². The Morgan fingerprint density at radius 2 is 2.04 bits per heavy atom. The predicted molar refractivity (Wildman–Crippen MR) is 90.3 cm³/mol. The highest BCUT2D eigenvalue weighted by Gasteiger charge is 2.36. The molecular formula is C17H24N4O3. The molecular weight excluding hydrogens is 308 g/mol. The molecule has 3 atom stereocenters. The quantitative estimate of drug-likeness (QED) is 0.502. The Morgan fingerprint density at radius 3 is 2.67 bits per heavy atom. The summed E-state index contributed by atoms with van der Waals surface area (Å²) in [4.78, 5) is 14.8. The molecule has 1 aliphatic carbocycles. The van der Waals surface area contributed by atoms with E-state index in [0.717, 1.165) is 5.56 Å². The Morgan fingerprint density at radius 1 is 1.33 bits per heavy atom. The zero-order chi connectivity index (χ0) is 17.6. The number of rotatable bonds is 5. The molecule has 1 aromatic rings. The predicted octanol–water partition coefficient (Wildman–Crippen LogP) is 3.94. The topological polar surface area (TPSA) is 96.3 Å². The third-order valence-electron chi connectivity index (χ3n) is 3.72. The van der Waals surface area contributed by atoms with Crippen LogP contribution < -0.4 is 5.32 Å². The maximum absolute atomic E-state index is 11.9. The Bertz CT molecular complexity index is 594. The number of alkyl carbamates (subject to hydrolysis) is 1. The van der Waals surface area contributed by atoms with E-state index in [4.69, 9.17) is 15.0 Å². The molecule has 7 nitrogen and oxygen atoms in total. The summed E-state index contributed by atoms with van der Waals surface area (Å²) in [6.07, 6.45) is 0.600. The van der Waals surface area contributed by atoms with Crippen LogP contribution in [-0.4, -0.2) is 29.9 Å². The highest BCUT2D eigenvalue weighted by Crippen LogP contribution is 2.27. The first-order valence-electron chi connectivity index (χ1n) is 8.06. The summed E-state index contributed by atoms with van der Waals surface area (Å²) in [5, 5.41) is 6.58. The summed E-state index contributed by atoms with van der Waals surface area (Å²) in [6, 6.07) is 9.26. The molecule has 0 spiro atoms. The fourth-order valence-electron chi connectivity index (χ4n) is 2.70. The minimum absolute atomic E-state index is 0.0688. The molecule has 1 aromatic carbocycles. The van der Waals surface area contributed by atoms with Crippen LogP contribution >= 0.6 is 0 Å². The van der Waals surface area contributed by atoms with Gasteiger partial charge in [-0.1, -0.05) is 35.4 Å². The number of ether oxygens (including phenoxy) is 2. The van der Waals surface area contributed by atoms with Crippen LogP contribution in [0.2, 0.25) is 0 Å². The first-order chi connectivity index (χ1) is 11.4. The lowest BCUT2D eigenvalue weighted by molar-refractivity contribution is 0.0400. The molecule has 1 fully saturated rings. The molecule has 1 N–H and O–H groups in total. The number of hydrogen-bond donors (Lipinski definition) is 1. The van der Waals surface area contributed by atoms with Crippen LogP contribution in [0.25, 0.3) is 10.4 Å². The third kappa shape index (κ3) is 5.76. The van der Waals surface area contributed by atoms with E-state index in [2.05, 4.69) is 15.3 Å². The van der Waals surface area contributed by atoms with Crippen molar-refractivity contribution in [1.29, 1.82) is 0 Å². The fourth-order valence-corrected chi connectivity index (χ4v) is 2.70. The number of carbonyl (C=O) groups is 1. The smallest absolute Gasteiger partial charge is 0.407 e. The van der Waals surface area contributed by atoms with Gasteiger partial charge >= 0.3 is 6.09 Å². The van der Waals surface area contributed by atoms with Crippen LogP contribution in [0.4, 0.5) is 4.79 Å². The Hall–Kier alpha value is -2.24. The summed E-state index contributed by atoms with van der Waals surface area (Å²) in [6.45, 7) is 5.90. The van der Waals surface area contributed by atoms with Crippen molar-refractivity contribution in [3.05, 3.63) is 46.3 Å². The number of amides is 1. The van der Waals surface area contributed by atoms with Crippen molar-refractivity contribution >= 4 is 6.09 Å². The van der Waals surface area contributed by atoms with Crippen LogP contribution in [0, 0.1) is 0 Å². The fraction of sp³-hybridized carbons (Fsp3) is 0.588. The lowest BCUT2D eigenvalue weighted by Crippen LogP contribution is -2.42. The van der Waals surface area contributed by atoms with Crippen molar-refractivity contribution in [3.8, 4) is 0 Å². The first kappa shape index (κ1) is 18.1. The maximum atomic E-state index is 11.9. The molecule has 0 heterocycles. The second-order valence-corrected chi connectivity index (χ2v) is 6.91. The van der Waals surface area contributed by atoms with Crippen molar-refractivity contribution in [3.63, 3.8) is 0 Å². The van der Waals surface area contributed by atoms with Gasteiger partial charge in [0.1, 0.15) is 5.60 Å². The number of benzene rings is 1. The van der Waals surface area contributed by atoms with Gasteiger partial charge in [0, 0.05) is 11.0 Å². The van der Waals surface area contributed by atoms with Gasteiger partial charge in [-0.05, 0) is 44.7 Å². The first-order valence-corrected chi connectivity index (χ1v) is 8.06. The Kier molecular flexibility index (Phi) is 6.06. The summed E-state index contributed by atoms with van der Waals surface area (Å²) in [5.41, 5.74) is 9.25. The largest absolute Gasteiger partial charge is 0.444 e. The number of nitrogens with one attached hydrogen (secondary N) is 1. The molecule has 1 aliphatic rings. The van der Waals surface area contributed by atoms with E-state index < -0.39 is 11.7 Å². The molecule has 0 bridgehead atoms. The van der Waals surface area contributed by atoms with Gasteiger partial charge in [0.2, 0.25) is 0 Å². The van der Waals surface area contributed by atoms with Crippen LogP contribution in [0.3, 0.4) is 0 Å². The van der Waals surface area contributed by atoms with Gasteiger partial charge in [0.25, 0.3) is 0 Å². The van der Waals surface area contributed by atoms with Crippen molar-refractivity contribution in [2.24, 2.45) is 5.11 Å². The average Bonchev–Trinajstić information content (AvgIpc) is 2.86. The Labute approximate surface area is 142 Å². The summed E-state index contributed by atoms with van der Waals surface area (Å²) >= 11 is 0. The van der Waals surface area contributed by atoms with Crippen molar-refractivity contribution < 1.29 is 14.3 Å². The minimum Gasteiger partial charge on any atom is -0.444 e. The molecule has 1 saturated carbocycles. The summed E-state index contributed by atoms with van der Waals surface area (Å²) in [7, 11) is 0. The zero-order valence-corrected chi connectivity index (χ0v) is 14.3. The van der Waals surface area contributed by atoms with E-state index >= 15 is 0 Å². The van der Waals surface area contributed by atoms with Gasteiger partial charge in [-0.25, -0.2) is 4.79 Å². The number of nitrogens with zero attached hydrogens (tertiary/aromatic N) is 3. The number of carbonyl (C=O) groups excluding carboxylic acids is 1. The normalized spacial score (nSPS) is 23.4. The van der Waals surface area contributed by atoms with Crippen LogP contribution in [-0.2, 0) is 16.1 Å². The number of hydrogen-bond acceptors (Lipinski definition) is 4. The highest BCUT2D eigenvalue weighted by molar-refractivity contribution is 5.68. The van der Waals surface area contributed by atoms with E-state index in [0.29, 0.717) is 19.4 Å². The second kappa shape index (κ2) is 8.04. The lowest BCUT2D eigenvalue weighted by atomic mass is 10.2. The maximum Gasteiger partial charge on any atom is 0.407 e. The molecule has 0 aliphatic heterocycles. The Balaban J connectivity index is 1.90. The molecule has 3 unspecified atom stereocenters. The van der Waals surface area contributed by atoms with Crippen molar-refractivity contribution in [1.82, 2.24) is 5.32 Å². The van der Waals surface area contributed by atoms with Gasteiger partial charge in [-0.3, -0.25) is 0 Å². The average molecular weight is 332 g/mol. The molecule has 2 rings (SSSR count). The molecule has 1 amide bonds. The van der Waals surface area contributed by atoms with E-state index in [1.54, 1.807) is 20.8 Å². The van der Waals surface area contributed by atoms with Crippen molar-refractivity contribution in [2.45, 2.75) is 64.0 Å². The van der Waals surface area contributed by atoms with Gasteiger partial charge in [0.15, 0.2) is 0 Å². The lowest BCUT2D eigenvalue weighted by Gasteiger charge is -2.23. The SMILES string of the molecule is CC(C)(C)OC(=O)NC1CC(OCc2ccccc2)CC1N=[N+]=[N-]. The van der Waals surface area contributed by atoms with Gasteiger partial charge in [-0.2, -0.15) is 0 Å². The summed E-state index contributed by atoms with van der Waals surface area (Å²) < 4.78 is 11.2. The van der Waals surface area contributed by atoms with Gasteiger partial charge in [0.05, 0.1) is 18.8 Å².